The molecule has 3 aromatic carbocycles. The van der Waals surface area contributed by atoms with Crippen LogP contribution in [0.2, 0.25) is 5.02 Å². The smallest absolute Gasteiger partial charge is 0.264 e. The number of carbonyl (C=O) groups excluding carboxylic acids is 2. The second-order valence-corrected chi connectivity index (χ2v) is 12.1. The number of aryl methyl sites for hydroxylation is 2. The van der Waals surface area contributed by atoms with Crippen LogP contribution in [0.25, 0.3) is 0 Å². The first kappa shape index (κ1) is 31.0. The SMILES string of the molecule is Cc1ccc(S(=O)(=O)N(CC(=O)N/N=C\c2ccc(OCC(=O)NC[C@@H]3CCCO3)cc2)c2ccc(Cl)cc2C)cc1. The van der Waals surface area contributed by atoms with Gasteiger partial charge in [-0.15, -0.1) is 0 Å². The summed E-state index contributed by atoms with van der Waals surface area (Å²) in [5, 5.41) is 7.22. The van der Waals surface area contributed by atoms with E-state index in [2.05, 4.69) is 15.8 Å². The zero-order valence-electron chi connectivity index (χ0n) is 23.4. The van der Waals surface area contributed by atoms with Crippen LogP contribution in [0, 0.1) is 13.8 Å². The number of carbonyl (C=O) groups is 2. The predicted octanol–water partition coefficient (Wildman–Crippen LogP) is 3.98. The Bertz CT molecular complexity index is 1520. The van der Waals surface area contributed by atoms with E-state index < -0.39 is 22.5 Å². The lowest BCUT2D eigenvalue weighted by Gasteiger charge is -2.25. The summed E-state index contributed by atoms with van der Waals surface area (Å²) >= 11 is 6.08. The Kier molecular flexibility index (Phi) is 10.6. The standard InChI is InChI=1S/C30H33ClN4O6S/c1-21-5-12-27(13-6-21)42(38,39)35(28-14-9-24(31)16-22(28)2)19-29(36)34-33-17-23-7-10-25(11-8-23)41-20-30(37)32-18-26-4-3-15-40-26/h5-14,16-17,26H,3-4,15,18-20H2,1-2H3,(H,32,37)(H,34,36)/b33-17-/t26-/m0/s1. The van der Waals surface area contributed by atoms with Gasteiger partial charge in [-0.2, -0.15) is 5.10 Å². The lowest BCUT2D eigenvalue weighted by atomic mass is 10.2. The number of amides is 2. The molecule has 1 aliphatic heterocycles. The second-order valence-electron chi connectivity index (χ2n) is 9.85. The minimum atomic E-state index is -4.07. The van der Waals surface area contributed by atoms with Gasteiger partial charge in [0.05, 0.1) is 22.9 Å². The lowest BCUT2D eigenvalue weighted by Crippen LogP contribution is -2.40. The number of nitrogens with one attached hydrogen (secondary N) is 2. The predicted molar refractivity (Wildman–Crippen MR) is 162 cm³/mol. The van der Waals surface area contributed by atoms with E-state index in [4.69, 9.17) is 21.1 Å². The maximum absolute atomic E-state index is 13.6. The van der Waals surface area contributed by atoms with Crippen LogP contribution < -0.4 is 19.8 Å². The topological polar surface area (TPSA) is 126 Å². The van der Waals surface area contributed by atoms with Gasteiger partial charge in [-0.05, 0) is 92.4 Å². The van der Waals surface area contributed by atoms with Crippen LogP contribution in [0.15, 0.2) is 76.7 Å². The van der Waals surface area contributed by atoms with Crippen LogP contribution in [-0.4, -0.2) is 58.9 Å². The number of ether oxygens (including phenoxy) is 2. The van der Waals surface area contributed by atoms with Crippen LogP contribution in [0.3, 0.4) is 0 Å². The van der Waals surface area contributed by atoms with Crippen molar-refractivity contribution in [2.45, 2.75) is 37.7 Å². The number of anilines is 1. The summed E-state index contributed by atoms with van der Waals surface area (Å²) in [7, 11) is -4.07. The molecule has 1 heterocycles. The van der Waals surface area contributed by atoms with Gasteiger partial charge in [-0.3, -0.25) is 13.9 Å². The molecule has 1 saturated heterocycles. The van der Waals surface area contributed by atoms with Gasteiger partial charge in [-0.1, -0.05) is 29.3 Å². The molecule has 0 bridgehead atoms. The highest BCUT2D eigenvalue weighted by Crippen LogP contribution is 2.29. The maximum Gasteiger partial charge on any atom is 0.264 e. The van der Waals surface area contributed by atoms with Crippen molar-refractivity contribution in [3.05, 3.63) is 88.4 Å². The van der Waals surface area contributed by atoms with Gasteiger partial charge >= 0.3 is 0 Å². The lowest BCUT2D eigenvalue weighted by molar-refractivity contribution is -0.123. The van der Waals surface area contributed by atoms with E-state index >= 15 is 0 Å². The van der Waals surface area contributed by atoms with Crippen molar-refractivity contribution in [1.82, 2.24) is 10.7 Å². The number of hydrogen-bond donors (Lipinski definition) is 2. The molecule has 2 N–H and O–H groups in total. The van der Waals surface area contributed by atoms with Gasteiger partial charge in [0, 0.05) is 18.2 Å². The molecule has 4 rings (SSSR count). The first-order chi connectivity index (χ1) is 20.1. The van der Waals surface area contributed by atoms with Crippen molar-refractivity contribution in [3.8, 4) is 5.75 Å². The van der Waals surface area contributed by atoms with E-state index in [-0.39, 0.29) is 23.5 Å². The van der Waals surface area contributed by atoms with Gasteiger partial charge in [0.2, 0.25) is 0 Å². The number of hydrazone groups is 1. The van der Waals surface area contributed by atoms with Crippen LogP contribution in [0.4, 0.5) is 5.69 Å². The van der Waals surface area contributed by atoms with Crippen molar-refractivity contribution in [2.75, 3.05) is 30.6 Å². The van der Waals surface area contributed by atoms with E-state index in [0.29, 0.717) is 34.1 Å². The van der Waals surface area contributed by atoms with Gasteiger partial charge in [0.1, 0.15) is 12.3 Å². The Morgan fingerprint density at radius 2 is 1.81 bits per heavy atom. The fourth-order valence-electron chi connectivity index (χ4n) is 4.26. The molecule has 42 heavy (non-hydrogen) atoms. The zero-order chi connectivity index (χ0) is 30.1. The van der Waals surface area contributed by atoms with Crippen molar-refractivity contribution in [2.24, 2.45) is 5.10 Å². The van der Waals surface area contributed by atoms with Gasteiger partial charge in [-0.25, -0.2) is 13.8 Å². The molecule has 1 aliphatic rings. The summed E-state index contributed by atoms with van der Waals surface area (Å²) in [6, 6.07) is 17.9. The number of nitrogens with zero attached hydrogens (tertiary/aromatic N) is 2. The Hall–Kier alpha value is -3.93. The van der Waals surface area contributed by atoms with E-state index in [0.717, 1.165) is 29.3 Å². The minimum absolute atomic E-state index is 0.0568. The molecule has 10 nitrogen and oxygen atoms in total. The quantitative estimate of drug-likeness (QED) is 0.235. The number of rotatable bonds is 12. The molecule has 0 aliphatic carbocycles. The summed E-state index contributed by atoms with van der Waals surface area (Å²) in [5.74, 6) is -0.366. The highest BCUT2D eigenvalue weighted by molar-refractivity contribution is 7.92. The molecule has 222 valence electrons. The fourth-order valence-corrected chi connectivity index (χ4v) is 5.98. The number of hydrogen-bond acceptors (Lipinski definition) is 7. The van der Waals surface area contributed by atoms with Crippen LogP contribution in [0.1, 0.15) is 29.5 Å². The third-order valence-electron chi connectivity index (χ3n) is 6.53. The first-order valence-electron chi connectivity index (χ1n) is 13.4. The van der Waals surface area contributed by atoms with Crippen LogP contribution >= 0.6 is 11.6 Å². The van der Waals surface area contributed by atoms with E-state index in [1.54, 1.807) is 61.5 Å². The average Bonchev–Trinajstić information content (AvgIpc) is 3.49. The first-order valence-corrected chi connectivity index (χ1v) is 15.2. The molecule has 0 spiro atoms. The molecule has 12 heteroatoms. The van der Waals surface area contributed by atoms with E-state index in [9.17, 15) is 18.0 Å². The van der Waals surface area contributed by atoms with Crippen LogP contribution in [0.5, 0.6) is 5.75 Å². The molecular weight excluding hydrogens is 580 g/mol. The summed E-state index contributed by atoms with van der Waals surface area (Å²) in [4.78, 5) is 24.9. The number of benzene rings is 3. The maximum atomic E-state index is 13.6. The Labute approximate surface area is 250 Å². The normalized spacial score (nSPS) is 15.0. The van der Waals surface area contributed by atoms with Crippen molar-refractivity contribution in [1.29, 1.82) is 0 Å². The highest BCUT2D eigenvalue weighted by Gasteiger charge is 2.28. The number of sulfonamides is 1. The van der Waals surface area contributed by atoms with Crippen molar-refractivity contribution < 1.29 is 27.5 Å². The monoisotopic (exact) mass is 612 g/mol. The van der Waals surface area contributed by atoms with E-state index in [1.807, 2.05) is 6.92 Å². The van der Waals surface area contributed by atoms with E-state index in [1.165, 1.54) is 18.3 Å². The highest BCUT2D eigenvalue weighted by atomic mass is 35.5. The second kappa shape index (κ2) is 14.3. The molecule has 1 fully saturated rings. The van der Waals surface area contributed by atoms with Gasteiger partial charge in [0.15, 0.2) is 6.61 Å². The zero-order valence-corrected chi connectivity index (χ0v) is 25.0. The van der Waals surface area contributed by atoms with Crippen molar-refractivity contribution >= 4 is 45.3 Å². The molecule has 0 unspecified atom stereocenters. The van der Waals surface area contributed by atoms with Gasteiger partial charge in [0.25, 0.3) is 21.8 Å². The van der Waals surface area contributed by atoms with Gasteiger partial charge < -0.3 is 14.8 Å². The third kappa shape index (κ3) is 8.54. The number of halogens is 1. The molecule has 2 amide bonds. The third-order valence-corrected chi connectivity index (χ3v) is 8.54. The largest absolute Gasteiger partial charge is 0.484 e. The van der Waals surface area contributed by atoms with Crippen molar-refractivity contribution in [3.63, 3.8) is 0 Å². The molecule has 0 aromatic heterocycles. The molecule has 0 saturated carbocycles. The summed E-state index contributed by atoms with van der Waals surface area (Å²) < 4.78 is 39.2. The Balaban J connectivity index is 1.35. The Morgan fingerprint density at radius 3 is 2.48 bits per heavy atom. The molecule has 1 atom stereocenters. The summed E-state index contributed by atoms with van der Waals surface area (Å²) in [6.45, 7) is 4.16. The average molecular weight is 613 g/mol. The Morgan fingerprint density at radius 1 is 1.07 bits per heavy atom. The summed E-state index contributed by atoms with van der Waals surface area (Å²) in [6.07, 6.45) is 3.43. The summed E-state index contributed by atoms with van der Waals surface area (Å²) in [5.41, 5.74) is 4.88. The fraction of sp³-hybridized carbons (Fsp3) is 0.300. The molecule has 0 radical (unpaired) electrons. The molecular formula is C30H33ClN4O6S. The molecule has 3 aromatic rings. The van der Waals surface area contributed by atoms with Crippen LogP contribution in [-0.2, 0) is 24.3 Å². The minimum Gasteiger partial charge on any atom is -0.484 e.